The largest absolute Gasteiger partial charge is 0.379 e. The minimum absolute atomic E-state index is 0.0512. The fraction of sp³-hybridized carbons (Fsp3) is 0.556. The number of piperidine rings is 1. The normalized spacial score (nSPS) is 25.7. The molecule has 0 radical (unpaired) electrons. The maximum Gasteiger partial charge on any atom is 0.256 e. The molecule has 0 aliphatic carbocycles. The molecule has 1 aromatic carbocycles. The lowest BCUT2D eigenvalue weighted by molar-refractivity contribution is -0.161. The van der Waals surface area contributed by atoms with Crippen LogP contribution in [0.25, 0.3) is 0 Å². The second-order valence-corrected chi connectivity index (χ2v) is 6.91. The molecule has 2 amide bonds. The highest BCUT2D eigenvalue weighted by Crippen LogP contribution is 2.25. The number of nitrogens with one attached hydrogen (secondary N) is 1. The Morgan fingerprint density at radius 3 is 2.88 bits per heavy atom. The first-order chi connectivity index (χ1) is 11.5. The van der Waals surface area contributed by atoms with Gasteiger partial charge < -0.3 is 15.3 Å². The number of hydrogen-bond donors (Lipinski definition) is 2. The predicted octanol–water partition coefficient (Wildman–Crippen LogP) is 0.280. The van der Waals surface area contributed by atoms with Gasteiger partial charge in [-0.15, -0.1) is 0 Å². The highest BCUT2D eigenvalue weighted by molar-refractivity contribution is 5.86. The number of carbonyl (C=O) groups excluding carboxylic acids is 2. The van der Waals surface area contributed by atoms with E-state index in [0.29, 0.717) is 32.6 Å². The van der Waals surface area contributed by atoms with Crippen molar-refractivity contribution >= 4 is 11.8 Å². The van der Waals surface area contributed by atoms with E-state index in [-0.39, 0.29) is 24.9 Å². The molecule has 3 rings (SSSR count). The van der Waals surface area contributed by atoms with Crippen molar-refractivity contribution in [3.05, 3.63) is 35.4 Å². The first-order valence-corrected chi connectivity index (χ1v) is 8.53. The quantitative estimate of drug-likeness (QED) is 0.831. The van der Waals surface area contributed by atoms with E-state index < -0.39 is 5.60 Å². The average Bonchev–Trinajstić information content (AvgIpc) is 2.52. The van der Waals surface area contributed by atoms with Crippen molar-refractivity contribution in [3.63, 3.8) is 0 Å². The molecular formula is C18H25N3O3. The Hall–Kier alpha value is -1.92. The Morgan fingerprint density at radius 2 is 2.12 bits per heavy atom. The van der Waals surface area contributed by atoms with E-state index in [4.69, 9.17) is 0 Å². The molecular weight excluding hydrogens is 306 g/mol. The van der Waals surface area contributed by atoms with Gasteiger partial charge in [0.1, 0.15) is 0 Å². The molecule has 6 heteroatoms. The van der Waals surface area contributed by atoms with Crippen molar-refractivity contribution in [3.8, 4) is 0 Å². The predicted molar refractivity (Wildman–Crippen MR) is 90.2 cm³/mol. The molecule has 1 atom stereocenters. The Balaban J connectivity index is 1.68. The molecule has 0 aromatic heterocycles. The summed E-state index contributed by atoms with van der Waals surface area (Å²) in [6.07, 6.45) is 1.22. The third-order valence-corrected chi connectivity index (χ3v) is 4.76. The third-order valence-electron chi connectivity index (χ3n) is 4.76. The SMILES string of the molecule is Cc1cccc(CN2CCC[C@@](O)(CN3CCNC(=O)C3)C2=O)c1. The molecule has 0 bridgehead atoms. The fourth-order valence-electron chi connectivity index (χ4n) is 3.59. The maximum atomic E-state index is 12.8. The van der Waals surface area contributed by atoms with Gasteiger partial charge in [0.2, 0.25) is 5.91 Å². The average molecular weight is 331 g/mol. The number of carbonyl (C=O) groups is 2. The van der Waals surface area contributed by atoms with Crippen LogP contribution in [0.15, 0.2) is 24.3 Å². The second kappa shape index (κ2) is 6.91. The van der Waals surface area contributed by atoms with Crippen molar-refractivity contribution in [2.24, 2.45) is 0 Å². The number of likely N-dealkylation sites (tertiary alicyclic amines) is 1. The van der Waals surface area contributed by atoms with Crippen LogP contribution in [-0.2, 0) is 16.1 Å². The van der Waals surface area contributed by atoms with Crippen LogP contribution in [0.4, 0.5) is 0 Å². The number of β-amino-alcohol motifs (C(OH)–C–C–N with tert-alkyl or cyclic N) is 1. The number of aliphatic hydroxyl groups is 1. The Kier molecular flexibility index (Phi) is 4.87. The number of piperazine rings is 1. The van der Waals surface area contributed by atoms with Crippen molar-refractivity contribution in [2.75, 3.05) is 32.7 Å². The lowest BCUT2D eigenvalue weighted by atomic mass is 9.90. The van der Waals surface area contributed by atoms with E-state index in [1.165, 1.54) is 0 Å². The number of aryl methyl sites for hydroxylation is 1. The summed E-state index contributed by atoms with van der Waals surface area (Å²) in [5.41, 5.74) is 0.844. The molecule has 0 unspecified atom stereocenters. The zero-order valence-electron chi connectivity index (χ0n) is 14.1. The summed E-state index contributed by atoms with van der Waals surface area (Å²) in [4.78, 5) is 28.0. The minimum Gasteiger partial charge on any atom is -0.379 e. The number of benzene rings is 1. The van der Waals surface area contributed by atoms with Crippen molar-refractivity contribution in [1.82, 2.24) is 15.1 Å². The number of nitrogens with zero attached hydrogens (tertiary/aromatic N) is 2. The van der Waals surface area contributed by atoms with Gasteiger partial charge in [-0.3, -0.25) is 14.5 Å². The highest BCUT2D eigenvalue weighted by atomic mass is 16.3. The second-order valence-electron chi connectivity index (χ2n) is 6.91. The molecule has 2 heterocycles. The van der Waals surface area contributed by atoms with Crippen molar-refractivity contribution in [1.29, 1.82) is 0 Å². The van der Waals surface area contributed by atoms with Crippen LogP contribution >= 0.6 is 0 Å². The molecule has 130 valence electrons. The third kappa shape index (κ3) is 3.76. The fourth-order valence-corrected chi connectivity index (χ4v) is 3.59. The summed E-state index contributed by atoms with van der Waals surface area (Å²) in [7, 11) is 0. The van der Waals surface area contributed by atoms with E-state index in [1.54, 1.807) is 4.90 Å². The molecule has 2 fully saturated rings. The van der Waals surface area contributed by atoms with Crippen molar-refractivity contribution in [2.45, 2.75) is 31.9 Å². The molecule has 2 saturated heterocycles. The van der Waals surface area contributed by atoms with Crippen LogP contribution in [0.3, 0.4) is 0 Å². The highest BCUT2D eigenvalue weighted by Gasteiger charge is 2.43. The van der Waals surface area contributed by atoms with E-state index >= 15 is 0 Å². The maximum absolute atomic E-state index is 12.8. The zero-order valence-corrected chi connectivity index (χ0v) is 14.1. The van der Waals surface area contributed by atoms with Gasteiger partial charge in [0.15, 0.2) is 5.60 Å². The molecule has 0 spiro atoms. The van der Waals surface area contributed by atoms with E-state index in [1.807, 2.05) is 30.0 Å². The van der Waals surface area contributed by atoms with E-state index in [0.717, 1.165) is 17.5 Å². The Labute approximate surface area is 142 Å². The minimum atomic E-state index is -1.39. The molecule has 2 aliphatic heterocycles. The molecule has 24 heavy (non-hydrogen) atoms. The molecule has 0 saturated carbocycles. The van der Waals surface area contributed by atoms with Gasteiger partial charge in [0, 0.05) is 32.7 Å². The Morgan fingerprint density at radius 1 is 1.29 bits per heavy atom. The molecule has 1 aromatic rings. The lowest BCUT2D eigenvalue weighted by Crippen LogP contribution is -2.60. The number of hydrogen-bond acceptors (Lipinski definition) is 4. The summed E-state index contributed by atoms with van der Waals surface area (Å²) in [6.45, 7) is 4.91. The number of amides is 2. The Bertz CT molecular complexity index is 634. The standard InChI is InChI=1S/C18H25N3O3/c1-14-4-2-5-15(10-14)11-21-8-3-6-18(24,17(21)23)13-20-9-7-19-16(22)12-20/h2,4-5,10,24H,3,6-9,11-13H2,1H3,(H,19,22)/t18-/m1/s1. The lowest BCUT2D eigenvalue weighted by Gasteiger charge is -2.41. The summed E-state index contributed by atoms with van der Waals surface area (Å²) in [5.74, 6) is -0.272. The first-order valence-electron chi connectivity index (χ1n) is 8.53. The van der Waals surface area contributed by atoms with Crippen LogP contribution in [0.2, 0.25) is 0 Å². The first kappa shape index (κ1) is 16.9. The monoisotopic (exact) mass is 331 g/mol. The zero-order chi connectivity index (χ0) is 17.2. The van der Waals surface area contributed by atoms with Gasteiger partial charge in [0.05, 0.1) is 6.54 Å². The smallest absolute Gasteiger partial charge is 0.256 e. The van der Waals surface area contributed by atoms with Crippen LogP contribution < -0.4 is 5.32 Å². The van der Waals surface area contributed by atoms with Gasteiger partial charge in [-0.2, -0.15) is 0 Å². The summed E-state index contributed by atoms with van der Waals surface area (Å²) < 4.78 is 0. The summed E-state index contributed by atoms with van der Waals surface area (Å²) >= 11 is 0. The van der Waals surface area contributed by atoms with Gasteiger partial charge >= 0.3 is 0 Å². The van der Waals surface area contributed by atoms with Crippen LogP contribution in [0, 0.1) is 6.92 Å². The topological polar surface area (TPSA) is 72.9 Å². The molecule has 2 aliphatic rings. The van der Waals surface area contributed by atoms with Gasteiger partial charge in [-0.05, 0) is 25.3 Å². The summed E-state index contributed by atoms with van der Waals surface area (Å²) in [5, 5.41) is 13.7. The van der Waals surface area contributed by atoms with Gasteiger partial charge in [0.25, 0.3) is 5.91 Å². The number of rotatable bonds is 4. The molecule has 6 nitrogen and oxygen atoms in total. The van der Waals surface area contributed by atoms with Crippen LogP contribution in [-0.4, -0.2) is 65.0 Å². The van der Waals surface area contributed by atoms with E-state index in [9.17, 15) is 14.7 Å². The van der Waals surface area contributed by atoms with Crippen molar-refractivity contribution < 1.29 is 14.7 Å². The van der Waals surface area contributed by atoms with E-state index in [2.05, 4.69) is 11.4 Å². The van der Waals surface area contributed by atoms with Gasteiger partial charge in [-0.25, -0.2) is 0 Å². The van der Waals surface area contributed by atoms with Gasteiger partial charge in [-0.1, -0.05) is 29.8 Å². The molecule has 2 N–H and O–H groups in total. The van der Waals surface area contributed by atoms with Crippen LogP contribution in [0.5, 0.6) is 0 Å². The summed E-state index contributed by atoms with van der Waals surface area (Å²) in [6, 6.07) is 8.08. The van der Waals surface area contributed by atoms with Crippen LogP contribution in [0.1, 0.15) is 24.0 Å².